The van der Waals surface area contributed by atoms with Crippen molar-refractivity contribution in [2.24, 2.45) is 17.3 Å². The molecule has 0 bridgehead atoms. The first-order valence-corrected chi connectivity index (χ1v) is 10.2. The highest BCUT2D eigenvalue weighted by molar-refractivity contribution is 7.81. The van der Waals surface area contributed by atoms with E-state index in [2.05, 4.69) is 11.1 Å². The summed E-state index contributed by atoms with van der Waals surface area (Å²) in [5.41, 5.74) is 2.05. The summed E-state index contributed by atoms with van der Waals surface area (Å²) in [7, 11) is -4.51. The lowest BCUT2D eigenvalue weighted by Gasteiger charge is -2.49. The van der Waals surface area contributed by atoms with Gasteiger partial charge in [0.15, 0.2) is 0 Å². The van der Waals surface area contributed by atoms with Gasteiger partial charge < -0.3 is 14.4 Å². The van der Waals surface area contributed by atoms with Crippen LogP contribution in [0.4, 0.5) is 0 Å². The molecule has 3 aliphatic carbocycles. The van der Waals surface area contributed by atoms with E-state index in [0.29, 0.717) is 24.2 Å². The summed E-state index contributed by atoms with van der Waals surface area (Å²) in [6.45, 7) is 2.10. The summed E-state index contributed by atoms with van der Waals surface area (Å²) < 4.78 is 35.2. The van der Waals surface area contributed by atoms with E-state index in [1.54, 1.807) is 12.1 Å². The van der Waals surface area contributed by atoms with Crippen molar-refractivity contribution < 1.29 is 27.4 Å². The van der Waals surface area contributed by atoms with Crippen molar-refractivity contribution in [1.29, 1.82) is 0 Å². The third kappa shape index (κ3) is 2.77. The minimum Gasteiger partial charge on any atom is -0.390 e. The Hall–Kier alpha value is -1.15. The van der Waals surface area contributed by atoms with Crippen LogP contribution in [0.5, 0.6) is 5.75 Å². The third-order valence-corrected chi connectivity index (χ3v) is 7.28. The van der Waals surface area contributed by atoms with E-state index in [9.17, 15) is 18.6 Å². The minimum atomic E-state index is -4.51. The molecule has 0 heterocycles. The van der Waals surface area contributed by atoms with Gasteiger partial charge in [0.25, 0.3) is 0 Å². The van der Waals surface area contributed by atoms with Crippen LogP contribution in [0.1, 0.15) is 49.7 Å². The fourth-order valence-corrected chi connectivity index (χ4v) is 6.07. The molecule has 0 amide bonds. The molecule has 0 radical (unpaired) electrons. The molecule has 3 aliphatic rings. The molecule has 0 spiro atoms. The lowest BCUT2D eigenvalue weighted by atomic mass is 9.55. The molecule has 2 fully saturated rings. The number of benzene rings is 1. The molecular formula is C18H24O6S. The summed E-state index contributed by atoms with van der Waals surface area (Å²) in [6, 6.07) is 5.18. The van der Waals surface area contributed by atoms with Gasteiger partial charge in [0.05, 0.1) is 12.2 Å². The molecule has 3 N–H and O–H groups in total. The van der Waals surface area contributed by atoms with Crippen molar-refractivity contribution in [2.75, 3.05) is 0 Å². The number of fused-ring (bicyclic) bond motifs is 5. The molecule has 6 nitrogen and oxygen atoms in total. The number of aliphatic hydroxyl groups excluding tert-OH is 2. The van der Waals surface area contributed by atoms with Crippen LogP contribution in [0.25, 0.3) is 0 Å². The number of hydrogen-bond donors (Lipinski definition) is 3. The second kappa shape index (κ2) is 5.67. The zero-order chi connectivity index (χ0) is 18.0. The molecular weight excluding hydrogens is 344 g/mol. The topological polar surface area (TPSA) is 104 Å². The molecule has 1 unspecified atom stereocenters. The highest BCUT2D eigenvalue weighted by Gasteiger charge is 2.57. The maximum absolute atomic E-state index is 10.9. The van der Waals surface area contributed by atoms with Gasteiger partial charge in [-0.3, -0.25) is 4.55 Å². The lowest BCUT2D eigenvalue weighted by molar-refractivity contribution is -0.0505. The maximum atomic E-state index is 10.9. The quantitative estimate of drug-likeness (QED) is 0.690. The summed E-state index contributed by atoms with van der Waals surface area (Å²) in [5, 5.41) is 20.6. The Bertz CT molecular complexity index is 791. The molecule has 6 atom stereocenters. The molecule has 7 heteroatoms. The fourth-order valence-electron chi connectivity index (χ4n) is 5.72. The van der Waals surface area contributed by atoms with Crippen molar-refractivity contribution >= 4 is 10.4 Å². The molecule has 25 heavy (non-hydrogen) atoms. The first-order valence-electron chi connectivity index (χ1n) is 8.85. The fraction of sp³-hybridized carbons (Fsp3) is 0.667. The molecule has 0 aromatic heterocycles. The first kappa shape index (κ1) is 17.3. The molecule has 138 valence electrons. The summed E-state index contributed by atoms with van der Waals surface area (Å²) in [5.74, 6) is 1.22. The number of rotatable bonds is 2. The Morgan fingerprint density at radius 3 is 2.72 bits per heavy atom. The number of aliphatic hydroxyl groups is 2. The SMILES string of the molecule is C[C@]12CCC3c4ccc(OS(=O)(=O)O)cc4CC[C@H]3[C@@H]1C[C@@H](O)[C@@H]2O. The number of aryl methyl sites for hydroxylation is 1. The summed E-state index contributed by atoms with van der Waals surface area (Å²) >= 11 is 0. The first-order chi connectivity index (χ1) is 11.7. The maximum Gasteiger partial charge on any atom is 0.446 e. The Balaban J connectivity index is 1.64. The van der Waals surface area contributed by atoms with Crippen LogP contribution in [0.2, 0.25) is 0 Å². The van der Waals surface area contributed by atoms with Gasteiger partial charge in [-0.05, 0) is 78.5 Å². The summed E-state index contributed by atoms with van der Waals surface area (Å²) in [4.78, 5) is 0. The molecule has 4 rings (SSSR count). The monoisotopic (exact) mass is 368 g/mol. The van der Waals surface area contributed by atoms with Gasteiger partial charge in [-0.1, -0.05) is 13.0 Å². The second-order valence-electron chi connectivity index (χ2n) is 8.08. The molecule has 0 saturated heterocycles. The Morgan fingerprint density at radius 2 is 2.00 bits per heavy atom. The summed E-state index contributed by atoms with van der Waals surface area (Å²) in [6.07, 6.45) is 2.95. The average Bonchev–Trinajstić information content (AvgIpc) is 2.76. The van der Waals surface area contributed by atoms with Crippen molar-refractivity contribution in [3.8, 4) is 5.75 Å². The Labute approximate surface area is 147 Å². The molecule has 1 aromatic carbocycles. The van der Waals surface area contributed by atoms with Crippen LogP contribution >= 0.6 is 0 Å². The van der Waals surface area contributed by atoms with Gasteiger partial charge in [-0.2, -0.15) is 8.42 Å². The zero-order valence-electron chi connectivity index (χ0n) is 14.1. The molecule has 2 saturated carbocycles. The highest BCUT2D eigenvalue weighted by Crippen LogP contribution is 2.60. The predicted octanol–water partition coefficient (Wildman–Crippen LogP) is 2.06. The van der Waals surface area contributed by atoms with Crippen LogP contribution in [0.15, 0.2) is 18.2 Å². The predicted molar refractivity (Wildman–Crippen MR) is 90.6 cm³/mol. The zero-order valence-corrected chi connectivity index (χ0v) is 14.9. The average molecular weight is 368 g/mol. The molecule has 0 aliphatic heterocycles. The van der Waals surface area contributed by atoms with Gasteiger partial charge in [0.2, 0.25) is 0 Å². The van der Waals surface area contributed by atoms with Crippen molar-refractivity contribution in [2.45, 2.75) is 57.2 Å². The van der Waals surface area contributed by atoms with E-state index < -0.39 is 22.6 Å². The standard InChI is InChI=1S/C18H24O6S/c1-18-7-6-13-12-5-3-11(24-25(21,22)23)8-10(12)2-4-14(13)15(18)9-16(19)17(18)20/h3,5,8,13-17,19-20H,2,4,6-7,9H2,1H3,(H,21,22,23)/t13?,14-,15+,16-,17+,18+/m1/s1. The van der Waals surface area contributed by atoms with Crippen LogP contribution in [0, 0.1) is 17.3 Å². The normalized spacial score (nSPS) is 40.1. The number of hydrogen-bond acceptors (Lipinski definition) is 5. The van der Waals surface area contributed by atoms with Gasteiger partial charge in [-0.15, -0.1) is 0 Å². The van der Waals surface area contributed by atoms with Crippen LogP contribution < -0.4 is 4.18 Å². The second-order valence-corrected chi connectivity index (χ2v) is 9.10. The van der Waals surface area contributed by atoms with E-state index in [1.165, 1.54) is 5.56 Å². The van der Waals surface area contributed by atoms with E-state index in [-0.39, 0.29) is 11.2 Å². The van der Waals surface area contributed by atoms with Crippen LogP contribution in [-0.4, -0.2) is 35.4 Å². The lowest BCUT2D eigenvalue weighted by Crippen LogP contribution is -2.44. The van der Waals surface area contributed by atoms with Gasteiger partial charge in [0.1, 0.15) is 5.75 Å². The molecule has 1 aromatic rings. The highest BCUT2D eigenvalue weighted by atomic mass is 32.3. The Kier molecular flexibility index (Phi) is 3.92. The smallest absolute Gasteiger partial charge is 0.390 e. The van der Waals surface area contributed by atoms with Gasteiger partial charge in [0, 0.05) is 0 Å². The van der Waals surface area contributed by atoms with E-state index >= 15 is 0 Å². The third-order valence-electron chi connectivity index (χ3n) is 6.87. The largest absolute Gasteiger partial charge is 0.446 e. The Morgan fingerprint density at radius 1 is 1.24 bits per heavy atom. The van der Waals surface area contributed by atoms with Crippen molar-refractivity contribution in [3.63, 3.8) is 0 Å². The van der Waals surface area contributed by atoms with Crippen LogP contribution in [-0.2, 0) is 16.8 Å². The van der Waals surface area contributed by atoms with E-state index in [1.807, 2.05) is 6.07 Å². The van der Waals surface area contributed by atoms with Crippen LogP contribution in [0.3, 0.4) is 0 Å². The van der Waals surface area contributed by atoms with Gasteiger partial charge >= 0.3 is 10.4 Å². The minimum absolute atomic E-state index is 0.132. The van der Waals surface area contributed by atoms with Crippen molar-refractivity contribution in [1.82, 2.24) is 0 Å². The van der Waals surface area contributed by atoms with Crippen molar-refractivity contribution in [3.05, 3.63) is 29.3 Å². The van der Waals surface area contributed by atoms with E-state index in [4.69, 9.17) is 4.55 Å². The van der Waals surface area contributed by atoms with Gasteiger partial charge in [-0.25, -0.2) is 0 Å². The van der Waals surface area contributed by atoms with E-state index in [0.717, 1.165) is 31.2 Å².